The molecule has 0 spiro atoms. The van der Waals surface area contributed by atoms with Crippen LogP contribution in [0.4, 0.5) is 0 Å². The maximum absolute atomic E-state index is 10.2. The van der Waals surface area contributed by atoms with E-state index in [0.717, 1.165) is 49.9 Å². The lowest BCUT2D eigenvalue weighted by Gasteiger charge is -2.26. The van der Waals surface area contributed by atoms with Crippen molar-refractivity contribution in [2.45, 2.75) is 45.9 Å². The largest absolute Gasteiger partial charge is 0.454 e. The van der Waals surface area contributed by atoms with Crippen LogP contribution in [0.15, 0.2) is 102 Å². The summed E-state index contributed by atoms with van der Waals surface area (Å²) in [7, 11) is 2.02. The van der Waals surface area contributed by atoms with Crippen LogP contribution < -0.4 is 4.57 Å². The zero-order valence-corrected chi connectivity index (χ0v) is 24.5. The third-order valence-electron chi connectivity index (χ3n) is 8.51. The molecule has 3 nitrogen and oxygen atoms in total. The van der Waals surface area contributed by atoms with E-state index in [1.165, 1.54) is 11.1 Å². The fraction of sp³-hybridized carbons (Fsp3) is 0.211. The van der Waals surface area contributed by atoms with Crippen molar-refractivity contribution >= 4 is 21.9 Å². The van der Waals surface area contributed by atoms with Crippen LogP contribution in [0.5, 0.6) is 0 Å². The molecule has 2 heterocycles. The molecule has 0 atom stereocenters. The van der Waals surface area contributed by atoms with E-state index in [1.807, 2.05) is 51.4 Å². The van der Waals surface area contributed by atoms with Crippen molar-refractivity contribution in [3.05, 3.63) is 125 Å². The maximum Gasteiger partial charge on any atom is 0.216 e. The normalized spacial score (nSPS) is 12.5. The molecule has 202 valence electrons. The molecular weight excluding hydrogens is 500 g/mol. The number of pyridine rings is 1. The van der Waals surface area contributed by atoms with Crippen LogP contribution in [0.2, 0.25) is 0 Å². The van der Waals surface area contributed by atoms with Gasteiger partial charge in [0.25, 0.3) is 0 Å². The topological polar surface area (TPSA) is 40.8 Å². The highest BCUT2D eigenvalue weighted by molar-refractivity contribution is 6.14. The number of fused-ring (bicyclic) bond motifs is 3. The molecule has 0 bridgehead atoms. The Morgan fingerprint density at radius 1 is 0.829 bits per heavy atom. The molecule has 2 aromatic heterocycles. The van der Waals surface area contributed by atoms with Gasteiger partial charge in [-0.15, -0.1) is 0 Å². The number of aryl methyl sites for hydroxylation is 2. The second kappa shape index (κ2) is 10.1. The summed E-state index contributed by atoms with van der Waals surface area (Å²) in [6.07, 6.45) is 2.01. The summed E-state index contributed by atoms with van der Waals surface area (Å²) in [6, 6.07) is 33.7. The lowest BCUT2D eigenvalue weighted by molar-refractivity contribution is -0.660. The van der Waals surface area contributed by atoms with Crippen LogP contribution in [-0.4, -0.2) is 0 Å². The van der Waals surface area contributed by atoms with E-state index < -0.39 is 5.89 Å². The van der Waals surface area contributed by atoms with Crippen LogP contribution in [-0.2, 0) is 12.5 Å². The molecule has 0 aliphatic carbocycles. The lowest BCUT2D eigenvalue weighted by atomic mass is 9.78. The van der Waals surface area contributed by atoms with Gasteiger partial charge in [0.1, 0.15) is 18.2 Å². The first-order chi connectivity index (χ1) is 20.0. The first kappa shape index (κ1) is 25.3. The molecule has 6 aromatic rings. The Morgan fingerprint density at radius 3 is 2.12 bits per heavy atom. The summed E-state index contributed by atoms with van der Waals surface area (Å²) in [4.78, 5) is 0. The van der Waals surface area contributed by atoms with Crippen molar-refractivity contribution in [3.63, 3.8) is 0 Å². The average molecular weight is 537 g/mol. The highest BCUT2D eigenvalue weighted by Crippen LogP contribution is 2.42. The quantitative estimate of drug-likeness (QED) is 0.206. The lowest BCUT2D eigenvalue weighted by Crippen LogP contribution is -2.31. The standard InChI is InChI=1S/C38H35N2O/c1-24(2)27-20-21-40(6)33(22-27)34-25(3)12-18-31-32-19-15-28(23-39)35(37(32)41-36(31)34)26-13-16-30(17-14-26)38(4,5)29-10-8-7-9-11-29/h7-22,24H,1-6H3/q+1/i24D. The fourth-order valence-electron chi connectivity index (χ4n) is 5.90. The number of aromatic nitrogens is 1. The Balaban J connectivity index is 1.56. The van der Waals surface area contributed by atoms with E-state index in [-0.39, 0.29) is 5.41 Å². The number of nitriles is 1. The number of hydrogen-bond acceptors (Lipinski definition) is 2. The van der Waals surface area contributed by atoms with Gasteiger partial charge in [0.05, 0.1) is 17.2 Å². The van der Waals surface area contributed by atoms with Crippen LogP contribution in [0, 0.1) is 18.3 Å². The van der Waals surface area contributed by atoms with Gasteiger partial charge in [0, 0.05) is 35.3 Å². The molecule has 0 saturated heterocycles. The van der Waals surface area contributed by atoms with E-state index in [2.05, 4.69) is 98.1 Å². The van der Waals surface area contributed by atoms with E-state index in [1.54, 1.807) is 0 Å². The summed E-state index contributed by atoms with van der Waals surface area (Å²) < 4.78 is 17.5. The Bertz CT molecular complexity index is 2000. The van der Waals surface area contributed by atoms with Crippen LogP contribution in [0.3, 0.4) is 0 Å². The maximum atomic E-state index is 10.2. The monoisotopic (exact) mass is 536 g/mol. The Kier molecular flexibility index (Phi) is 6.20. The minimum atomic E-state index is -0.727. The van der Waals surface area contributed by atoms with Crippen LogP contribution in [0.25, 0.3) is 44.3 Å². The van der Waals surface area contributed by atoms with Crippen molar-refractivity contribution in [2.75, 3.05) is 0 Å². The molecule has 0 fully saturated rings. The van der Waals surface area contributed by atoms with Crippen LogP contribution in [0.1, 0.15) is 62.8 Å². The van der Waals surface area contributed by atoms with Crippen molar-refractivity contribution in [2.24, 2.45) is 7.05 Å². The van der Waals surface area contributed by atoms with Crippen LogP contribution >= 0.6 is 0 Å². The fourth-order valence-corrected chi connectivity index (χ4v) is 5.90. The van der Waals surface area contributed by atoms with E-state index >= 15 is 0 Å². The molecule has 0 amide bonds. The van der Waals surface area contributed by atoms with Gasteiger partial charge in [0.15, 0.2) is 6.20 Å². The zero-order valence-electron chi connectivity index (χ0n) is 25.5. The molecule has 6 rings (SSSR count). The molecule has 0 radical (unpaired) electrons. The Hall–Kier alpha value is -4.68. The minimum Gasteiger partial charge on any atom is -0.454 e. The summed E-state index contributed by atoms with van der Waals surface area (Å²) >= 11 is 0. The third-order valence-corrected chi connectivity index (χ3v) is 8.51. The van der Waals surface area contributed by atoms with Gasteiger partial charge in [-0.25, -0.2) is 4.57 Å². The SMILES string of the molecule is [2H]C(C)(C)c1cc[n+](C)c(-c2c(C)ccc3c2oc2c(-c4ccc(C(C)(C)c5ccccc5)cc4)c(C#N)ccc23)c1. The van der Waals surface area contributed by atoms with Gasteiger partial charge >= 0.3 is 0 Å². The second-order valence-electron chi connectivity index (χ2n) is 11.7. The highest BCUT2D eigenvalue weighted by Gasteiger charge is 2.25. The molecule has 0 aliphatic rings. The highest BCUT2D eigenvalue weighted by atomic mass is 16.3. The Labute approximate surface area is 243 Å². The predicted molar refractivity (Wildman–Crippen MR) is 168 cm³/mol. The average Bonchev–Trinajstić information content (AvgIpc) is 3.35. The molecule has 41 heavy (non-hydrogen) atoms. The first-order valence-electron chi connectivity index (χ1n) is 14.6. The summed E-state index contributed by atoms with van der Waals surface area (Å²) in [6.45, 7) is 10.4. The molecule has 3 heteroatoms. The van der Waals surface area contributed by atoms with E-state index in [0.29, 0.717) is 11.1 Å². The number of benzene rings is 4. The van der Waals surface area contributed by atoms with Gasteiger partial charge in [0.2, 0.25) is 5.69 Å². The molecule has 4 aromatic carbocycles. The molecule has 0 saturated carbocycles. The molecule has 0 unspecified atom stereocenters. The van der Waals surface area contributed by atoms with Crippen molar-refractivity contribution in [3.8, 4) is 28.5 Å². The second-order valence-corrected chi connectivity index (χ2v) is 11.7. The number of hydrogen-bond donors (Lipinski definition) is 0. The molecular formula is C38H35N2O+. The van der Waals surface area contributed by atoms with E-state index in [9.17, 15) is 5.26 Å². The van der Waals surface area contributed by atoms with E-state index in [4.69, 9.17) is 5.79 Å². The van der Waals surface area contributed by atoms with Gasteiger partial charge < -0.3 is 4.42 Å². The predicted octanol–water partition coefficient (Wildman–Crippen LogP) is 9.37. The minimum absolute atomic E-state index is 0.159. The molecule has 0 aliphatic heterocycles. The summed E-state index contributed by atoms with van der Waals surface area (Å²) in [5.41, 5.74) is 10.2. The van der Waals surface area contributed by atoms with Crippen molar-refractivity contribution in [1.82, 2.24) is 0 Å². The number of rotatable bonds is 5. The first-order valence-corrected chi connectivity index (χ1v) is 14.1. The summed E-state index contributed by atoms with van der Waals surface area (Å²) in [5.74, 6) is -0.727. The number of nitrogens with zero attached hydrogens (tertiary/aromatic N) is 2. The van der Waals surface area contributed by atoms with Gasteiger partial charge in [-0.2, -0.15) is 5.26 Å². The van der Waals surface area contributed by atoms with Crippen molar-refractivity contribution in [1.29, 1.82) is 5.26 Å². The summed E-state index contributed by atoms with van der Waals surface area (Å²) in [5, 5.41) is 12.1. The smallest absolute Gasteiger partial charge is 0.216 e. The third kappa shape index (κ3) is 4.41. The van der Waals surface area contributed by atoms with Gasteiger partial charge in [-0.3, -0.25) is 0 Å². The van der Waals surface area contributed by atoms with Gasteiger partial charge in [-0.05, 0) is 52.8 Å². The number of furan rings is 1. The zero-order chi connectivity index (χ0) is 29.8. The van der Waals surface area contributed by atoms with Gasteiger partial charge in [-0.1, -0.05) is 94.4 Å². The van der Waals surface area contributed by atoms with Crippen molar-refractivity contribution < 1.29 is 10.4 Å². The Morgan fingerprint density at radius 2 is 1.46 bits per heavy atom. The molecule has 0 N–H and O–H groups in total.